The molecule has 1 aromatic rings. The minimum Gasteiger partial charge on any atom is -0.381 e. The molecule has 0 radical (unpaired) electrons. The number of benzene rings is 1. The summed E-state index contributed by atoms with van der Waals surface area (Å²) >= 11 is 6.02. The number of hydrogen-bond donors (Lipinski definition) is 1. The number of para-hydroxylation sites is 1. The number of rotatable bonds is 3. The van der Waals surface area contributed by atoms with E-state index in [4.69, 9.17) is 16.3 Å². The molecule has 0 atom stereocenters. The Labute approximate surface area is 118 Å². The van der Waals surface area contributed by atoms with Crippen LogP contribution in [0.25, 0.3) is 0 Å². The maximum atomic E-state index is 12.1. The van der Waals surface area contributed by atoms with Crippen LogP contribution < -0.4 is 5.32 Å². The van der Waals surface area contributed by atoms with Crippen LogP contribution in [0.2, 0.25) is 5.02 Å². The number of anilines is 1. The van der Waals surface area contributed by atoms with Crippen molar-refractivity contribution in [1.82, 2.24) is 4.90 Å². The lowest BCUT2D eigenvalue weighted by Gasteiger charge is -2.27. The van der Waals surface area contributed by atoms with Crippen LogP contribution >= 0.6 is 11.6 Å². The molecule has 2 amide bonds. The van der Waals surface area contributed by atoms with Crippen molar-refractivity contribution >= 4 is 23.3 Å². The molecule has 104 valence electrons. The number of carbonyl (C=O) groups is 1. The van der Waals surface area contributed by atoms with Crippen molar-refractivity contribution in [2.75, 3.05) is 32.1 Å². The summed E-state index contributed by atoms with van der Waals surface area (Å²) in [4.78, 5) is 13.8. The average Bonchev–Trinajstić information content (AvgIpc) is 2.42. The zero-order valence-electron chi connectivity index (χ0n) is 11.1. The van der Waals surface area contributed by atoms with E-state index in [1.807, 2.05) is 19.2 Å². The molecule has 4 nitrogen and oxygen atoms in total. The third-order valence-corrected chi connectivity index (χ3v) is 3.66. The third-order valence-electron chi connectivity index (χ3n) is 3.34. The molecule has 0 bridgehead atoms. The Morgan fingerprint density at radius 3 is 2.79 bits per heavy atom. The predicted molar refractivity (Wildman–Crippen MR) is 76.6 cm³/mol. The number of hydrogen-bond acceptors (Lipinski definition) is 2. The predicted octanol–water partition coefficient (Wildman–Crippen LogP) is 3.23. The Morgan fingerprint density at radius 2 is 2.11 bits per heavy atom. The zero-order valence-corrected chi connectivity index (χ0v) is 11.8. The summed E-state index contributed by atoms with van der Waals surface area (Å²) < 4.78 is 5.32. The first-order valence-corrected chi connectivity index (χ1v) is 6.89. The number of amides is 2. The van der Waals surface area contributed by atoms with Gasteiger partial charge in [-0.05, 0) is 30.9 Å². The van der Waals surface area contributed by atoms with Crippen molar-refractivity contribution in [1.29, 1.82) is 0 Å². The van der Waals surface area contributed by atoms with Gasteiger partial charge in [-0.3, -0.25) is 0 Å². The Kier molecular flexibility index (Phi) is 5.05. The monoisotopic (exact) mass is 282 g/mol. The van der Waals surface area contributed by atoms with Gasteiger partial charge in [-0.25, -0.2) is 4.79 Å². The highest BCUT2D eigenvalue weighted by Crippen LogP contribution is 2.21. The van der Waals surface area contributed by atoms with Gasteiger partial charge in [-0.1, -0.05) is 23.7 Å². The number of nitrogens with one attached hydrogen (secondary N) is 1. The number of carbonyl (C=O) groups excluding carboxylic acids is 1. The SMILES string of the molecule is CN(CC1CCOCC1)C(=O)Nc1ccccc1Cl. The molecule has 1 aliphatic rings. The van der Waals surface area contributed by atoms with Crippen molar-refractivity contribution in [3.05, 3.63) is 29.3 Å². The van der Waals surface area contributed by atoms with Gasteiger partial charge in [0.05, 0.1) is 10.7 Å². The lowest BCUT2D eigenvalue weighted by Crippen LogP contribution is -2.37. The molecule has 0 saturated carbocycles. The van der Waals surface area contributed by atoms with Crippen molar-refractivity contribution < 1.29 is 9.53 Å². The highest BCUT2D eigenvalue weighted by molar-refractivity contribution is 6.33. The molecule has 5 heteroatoms. The van der Waals surface area contributed by atoms with Crippen molar-refractivity contribution in [3.63, 3.8) is 0 Å². The quantitative estimate of drug-likeness (QED) is 0.925. The normalized spacial score (nSPS) is 16.1. The van der Waals surface area contributed by atoms with Crippen LogP contribution in [0.3, 0.4) is 0 Å². The molecule has 0 aliphatic carbocycles. The van der Waals surface area contributed by atoms with Crippen LogP contribution in [0, 0.1) is 5.92 Å². The zero-order chi connectivity index (χ0) is 13.7. The molecule has 0 spiro atoms. The van der Waals surface area contributed by atoms with E-state index < -0.39 is 0 Å². The van der Waals surface area contributed by atoms with E-state index in [1.54, 1.807) is 17.0 Å². The van der Waals surface area contributed by atoms with Gasteiger partial charge in [-0.15, -0.1) is 0 Å². The maximum Gasteiger partial charge on any atom is 0.321 e. The van der Waals surface area contributed by atoms with Crippen LogP contribution in [0.1, 0.15) is 12.8 Å². The summed E-state index contributed by atoms with van der Waals surface area (Å²) in [6.45, 7) is 2.34. The van der Waals surface area contributed by atoms with E-state index in [2.05, 4.69) is 5.32 Å². The summed E-state index contributed by atoms with van der Waals surface area (Å²) in [5.41, 5.74) is 0.646. The number of nitrogens with zero attached hydrogens (tertiary/aromatic N) is 1. The first-order chi connectivity index (χ1) is 9.16. The molecule has 1 N–H and O–H groups in total. The minimum atomic E-state index is -0.125. The Bertz CT molecular complexity index is 433. The van der Waals surface area contributed by atoms with Crippen molar-refractivity contribution in [2.24, 2.45) is 5.92 Å². The maximum absolute atomic E-state index is 12.1. The average molecular weight is 283 g/mol. The van der Waals surface area contributed by atoms with Gasteiger partial charge in [0.1, 0.15) is 0 Å². The van der Waals surface area contributed by atoms with Crippen LogP contribution in [0.15, 0.2) is 24.3 Å². The fraction of sp³-hybridized carbons (Fsp3) is 0.500. The number of halogens is 1. The van der Waals surface area contributed by atoms with E-state index in [9.17, 15) is 4.79 Å². The molecule has 1 heterocycles. The molecule has 0 aromatic heterocycles. The molecule has 1 aliphatic heterocycles. The summed E-state index contributed by atoms with van der Waals surface area (Å²) in [5, 5.41) is 3.37. The van der Waals surface area contributed by atoms with Crippen LogP contribution in [0.4, 0.5) is 10.5 Å². The molecule has 1 aromatic carbocycles. The highest BCUT2D eigenvalue weighted by Gasteiger charge is 2.18. The van der Waals surface area contributed by atoms with Gasteiger partial charge >= 0.3 is 6.03 Å². The van der Waals surface area contributed by atoms with Gasteiger partial charge in [-0.2, -0.15) is 0 Å². The summed E-state index contributed by atoms with van der Waals surface area (Å²) in [5.74, 6) is 0.524. The van der Waals surface area contributed by atoms with Crippen LogP contribution in [-0.4, -0.2) is 37.7 Å². The standard InChI is InChI=1S/C14H19ClN2O2/c1-17(10-11-6-8-19-9-7-11)14(18)16-13-5-3-2-4-12(13)15/h2-5,11H,6-10H2,1H3,(H,16,18). The van der Waals surface area contributed by atoms with Crippen LogP contribution in [-0.2, 0) is 4.74 Å². The first-order valence-electron chi connectivity index (χ1n) is 6.51. The summed E-state index contributed by atoms with van der Waals surface area (Å²) in [6.07, 6.45) is 2.04. The number of urea groups is 1. The smallest absolute Gasteiger partial charge is 0.321 e. The second-order valence-electron chi connectivity index (χ2n) is 4.85. The third kappa shape index (κ3) is 4.11. The van der Waals surface area contributed by atoms with Gasteiger partial charge in [0.15, 0.2) is 0 Å². The number of ether oxygens (including phenoxy) is 1. The molecule has 0 unspecified atom stereocenters. The molecule has 2 rings (SSSR count). The fourth-order valence-electron chi connectivity index (χ4n) is 2.17. The second kappa shape index (κ2) is 6.78. The van der Waals surface area contributed by atoms with E-state index >= 15 is 0 Å². The molecule has 1 fully saturated rings. The fourth-order valence-corrected chi connectivity index (χ4v) is 2.36. The van der Waals surface area contributed by atoms with Gasteiger partial charge in [0.25, 0.3) is 0 Å². The Balaban J connectivity index is 1.87. The topological polar surface area (TPSA) is 41.6 Å². The Morgan fingerprint density at radius 1 is 1.42 bits per heavy atom. The van der Waals surface area contributed by atoms with Gasteiger partial charge in [0.2, 0.25) is 0 Å². The van der Waals surface area contributed by atoms with E-state index in [0.717, 1.165) is 32.6 Å². The lowest BCUT2D eigenvalue weighted by molar-refractivity contribution is 0.0592. The van der Waals surface area contributed by atoms with Crippen LogP contribution in [0.5, 0.6) is 0 Å². The summed E-state index contributed by atoms with van der Waals surface area (Å²) in [6, 6.07) is 7.11. The Hall–Kier alpha value is -1.26. The largest absolute Gasteiger partial charge is 0.381 e. The van der Waals surface area contributed by atoms with E-state index in [1.165, 1.54) is 0 Å². The van der Waals surface area contributed by atoms with Gasteiger partial charge in [0, 0.05) is 26.8 Å². The summed E-state index contributed by atoms with van der Waals surface area (Å²) in [7, 11) is 1.81. The molecular weight excluding hydrogens is 264 g/mol. The lowest BCUT2D eigenvalue weighted by atomic mass is 10.00. The van der Waals surface area contributed by atoms with E-state index in [0.29, 0.717) is 16.6 Å². The van der Waals surface area contributed by atoms with Gasteiger partial charge < -0.3 is 15.0 Å². The van der Waals surface area contributed by atoms with Crippen molar-refractivity contribution in [3.8, 4) is 0 Å². The van der Waals surface area contributed by atoms with E-state index in [-0.39, 0.29) is 6.03 Å². The first kappa shape index (κ1) is 14.2. The minimum absolute atomic E-state index is 0.125. The molecular formula is C14H19ClN2O2. The second-order valence-corrected chi connectivity index (χ2v) is 5.25. The molecule has 1 saturated heterocycles. The van der Waals surface area contributed by atoms with Crippen molar-refractivity contribution in [2.45, 2.75) is 12.8 Å². The highest BCUT2D eigenvalue weighted by atomic mass is 35.5. The molecule has 19 heavy (non-hydrogen) atoms.